The first-order valence-corrected chi connectivity index (χ1v) is 7.32. The summed E-state index contributed by atoms with van der Waals surface area (Å²) in [5.74, 6) is -1.27. The lowest BCUT2D eigenvalue weighted by atomic mass is 10.0. The first kappa shape index (κ1) is 14.2. The first-order chi connectivity index (χ1) is 10.1. The van der Waals surface area contributed by atoms with Crippen molar-refractivity contribution in [3.63, 3.8) is 0 Å². The zero-order valence-corrected chi connectivity index (χ0v) is 12.6. The number of para-hydroxylation sites is 1. The number of fused-ring (bicyclic) bond motifs is 1. The number of halogens is 2. The van der Waals surface area contributed by atoms with Crippen molar-refractivity contribution < 1.29 is 9.90 Å². The van der Waals surface area contributed by atoms with Crippen LogP contribution in [0, 0.1) is 0 Å². The van der Waals surface area contributed by atoms with Crippen LogP contribution in [0.1, 0.15) is 17.0 Å². The highest BCUT2D eigenvalue weighted by Crippen LogP contribution is 2.37. The molecule has 1 N–H and O–H groups in total. The van der Waals surface area contributed by atoms with Crippen molar-refractivity contribution in [3.8, 4) is 0 Å². The second-order valence-electron chi connectivity index (χ2n) is 5.08. The van der Waals surface area contributed by atoms with Crippen molar-refractivity contribution in [2.75, 3.05) is 11.4 Å². The van der Waals surface area contributed by atoms with Gasteiger partial charge < -0.3 is 10.0 Å². The van der Waals surface area contributed by atoms with Crippen LogP contribution in [0.5, 0.6) is 0 Å². The van der Waals surface area contributed by atoms with Gasteiger partial charge in [0.25, 0.3) is 0 Å². The minimum Gasteiger partial charge on any atom is -0.481 e. The molecule has 1 atom stereocenters. The van der Waals surface area contributed by atoms with E-state index in [1.165, 1.54) is 0 Å². The van der Waals surface area contributed by atoms with Gasteiger partial charge in [0.1, 0.15) is 5.92 Å². The van der Waals surface area contributed by atoms with E-state index in [0.29, 0.717) is 23.1 Å². The number of carboxylic acid groups (broad SMARTS) is 1. The Hall–Kier alpha value is -1.71. The highest BCUT2D eigenvalue weighted by Gasteiger charge is 2.33. The van der Waals surface area contributed by atoms with Gasteiger partial charge in [-0.1, -0.05) is 47.5 Å². The Morgan fingerprint density at radius 1 is 1.19 bits per heavy atom. The molecule has 0 saturated heterocycles. The number of carboxylic acids is 1. The molecule has 1 heterocycles. The summed E-state index contributed by atoms with van der Waals surface area (Å²) < 4.78 is 0. The van der Waals surface area contributed by atoms with E-state index in [1.54, 1.807) is 6.07 Å². The molecule has 0 saturated carbocycles. The summed E-state index contributed by atoms with van der Waals surface area (Å²) in [7, 11) is 0. The van der Waals surface area contributed by atoms with Gasteiger partial charge in [-0.3, -0.25) is 4.79 Å². The van der Waals surface area contributed by atoms with E-state index in [-0.39, 0.29) is 0 Å². The van der Waals surface area contributed by atoms with E-state index in [0.717, 1.165) is 16.8 Å². The molecule has 1 aliphatic heterocycles. The lowest BCUT2D eigenvalue weighted by Gasteiger charge is -2.20. The average molecular weight is 322 g/mol. The lowest BCUT2D eigenvalue weighted by molar-refractivity contribution is -0.138. The van der Waals surface area contributed by atoms with E-state index >= 15 is 0 Å². The SMILES string of the molecule is O=C(O)C1CN(Cc2ccc(Cl)c(Cl)c2)c2ccccc21. The Bertz CT molecular complexity index is 702. The maximum Gasteiger partial charge on any atom is 0.312 e. The number of benzene rings is 2. The van der Waals surface area contributed by atoms with Gasteiger partial charge in [0.05, 0.1) is 10.0 Å². The molecule has 21 heavy (non-hydrogen) atoms. The lowest BCUT2D eigenvalue weighted by Crippen LogP contribution is -2.24. The summed E-state index contributed by atoms with van der Waals surface area (Å²) in [6.07, 6.45) is 0. The van der Waals surface area contributed by atoms with Crippen molar-refractivity contribution in [1.29, 1.82) is 0 Å². The zero-order valence-electron chi connectivity index (χ0n) is 11.1. The molecule has 0 aromatic heterocycles. The molecule has 108 valence electrons. The minimum absolute atomic E-state index is 0.467. The molecule has 1 unspecified atom stereocenters. The molecule has 2 aromatic carbocycles. The molecule has 0 bridgehead atoms. The van der Waals surface area contributed by atoms with Crippen molar-refractivity contribution >= 4 is 34.9 Å². The maximum absolute atomic E-state index is 11.4. The topological polar surface area (TPSA) is 40.5 Å². The molecule has 2 aromatic rings. The van der Waals surface area contributed by atoms with Crippen LogP contribution < -0.4 is 4.90 Å². The fourth-order valence-corrected chi connectivity index (χ4v) is 3.03. The van der Waals surface area contributed by atoms with Gasteiger partial charge in [0.15, 0.2) is 0 Å². The molecule has 3 nitrogen and oxygen atoms in total. The van der Waals surface area contributed by atoms with Gasteiger partial charge in [-0.2, -0.15) is 0 Å². The van der Waals surface area contributed by atoms with Crippen LogP contribution >= 0.6 is 23.2 Å². The van der Waals surface area contributed by atoms with Crippen LogP contribution in [0.25, 0.3) is 0 Å². The van der Waals surface area contributed by atoms with E-state index in [9.17, 15) is 9.90 Å². The fourth-order valence-electron chi connectivity index (χ4n) is 2.71. The third-order valence-corrected chi connectivity index (χ3v) is 4.45. The quantitative estimate of drug-likeness (QED) is 0.921. The Balaban J connectivity index is 1.90. The normalized spacial score (nSPS) is 16.9. The Morgan fingerprint density at radius 2 is 1.95 bits per heavy atom. The number of carbonyl (C=O) groups is 1. The summed E-state index contributed by atoms with van der Waals surface area (Å²) in [6.45, 7) is 1.08. The minimum atomic E-state index is -0.793. The number of hydrogen-bond donors (Lipinski definition) is 1. The summed E-state index contributed by atoms with van der Waals surface area (Å²) in [4.78, 5) is 13.5. The molecule has 0 radical (unpaired) electrons. The second-order valence-corrected chi connectivity index (χ2v) is 5.89. The summed E-state index contributed by atoms with van der Waals surface area (Å²) in [5.41, 5.74) is 2.84. The number of anilines is 1. The van der Waals surface area contributed by atoms with Crippen molar-refractivity contribution in [1.82, 2.24) is 0 Å². The molecule has 0 aliphatic carbocycles. The molecular formula is C16H13Cl2NO2. The maximum atomic E-state index is 11.4. The number of rotatable bonds is 3. The van der Waals surface area contributed by atoms with Crippen LogP contribution in [0.4, 0.5) is 5.69 Å². The average Bonchev–Trinajstić information content (AvgIpc) is 2.82. The third kappa shape index (κ3) is 2.71. The van der Waals surface area contributed by atoms with Crippen molar-refractivity contribution in [2.24, 2.45) is 0 Å². The van der Waals surface area contributed by atoms with Crippen LogP contribution in [0.2, 0.25) is 10.0 Å². The van der Waals surface area contributed by atoms with E-state index in [4.69, 9.17) is 23.2 Å². The molecule has 1 aliphatic rings. The summed E-state index contributed by atoms with van der Waals surface area (Å²) in [6, 6.07) is 13.1. The molecule has 0 amide bonds. The number of nitrogens with zero attached hydrogens (tertiary/aromatic N) is 1. The highest BCUT2D eigenvalue weighted by atomic mass is 35.5. The van der Waals surface area contributed by atoms with Crippen LogP contribution in [-0.2, 0) is 11.3 Å². The monoisotopic (exact) mass is 321 g/mol. The predicted octanol–water partition coefficient (Wildman–Crippen LogP) is 4.18. The van der Waals surface area contributed by atoms with Crippen LogP contribution in [-0.4, -0.2) is 17.6 Å². The van der Waals surface area contributed by atoms with Gasteiger partial charge in [-0.25, -0.2) is 0 Å². The smallest absolute Gasteiger partial charge is 0.312 e. The fraction of sp³-hybridized carbons (Fsp3) is 0.188. The Labute approximate surface area is 132 Å². The van der Waals surface area contributed by atoms with Crippen molar-refractivity contribution in [3.05, 3.63) is 63.6 Å². The largest absolute Gasteiger partial charge is 0.481 e. The van der Waals surface area contributed by atoms with E-state index < -0.39 is 11.9 Å². The molecule has 0 spiro atoms. The molecule has 0 fully saturated rings. The van der Waals surface area contributed by atoms with Gasteiger partial charge in [-0.05, 0) is 29.3 Å². The van der Waals surface area contributed by atoms with Crippen molar-refractivity contribution in [2.45, 2.75) is 12.5 Å². The van der Waals surface area contributed by atoms with Gasteiger partial charge in [-0.15, -0.1) is 0 Å². The van der Waals surface area contributed by atoms with Crippen LogP contribution in [0.15, 0.2) is 42.5 Å². The van der Waals surface area contributed by atoms with Crippen LogP contribution in [0.3, 0.4) is 0 Å². The summed E-state index contributed by atoms with van der Waals surface area (Å²) in [5, 5.41) is 10.4. The second kappa shape index (κ2) is 5.58. The Kier molecular flexibility index (Phi) is 3.79. The zero-order chi connectivity index (χ0) is 15.0. The van der Waals surface area contributed by atoms with Gasteiger partial charge in [0, 0.05) is 18.8 Å². The third-order valence-electron chi connectivity index (χ3n) is 3.71. The van der Waals surface area contributed by atoms with Gasteiger partial charge >= 0.3 is 5.97 Å². The molecule has 5 heteroatoms. The Morgan fingerprint density at radius 3 is 2.67 bits per heavy atom. The molecule has 3 rings (SSSR count). The predicted molar refractivity (Wildman–Crippen MR) is 84.3 cm³/mol. The number of aliphatic carboxylic acids is 1. The molecular weight excluding hydrogens is 309 g/mol. The van der Waals surface area contributed by atoms with Gasteiger partial charge in [0.2, 0.25) is 0 Å². The first-order valence-electron chi connectivity index (χ1n) is 6.57. The highest BCUT2D eigenvalue weighted by molar-refractivity contribution is 6.42. The number of hydrogen-bond acceptors (Lipinski definition) is 2. The standard InChI is InChI=1S/C16H13Cl2NO2/c17-13-6-5-10(7-14(13)18)8-19-9-12(16(20)21)11-3-1-2-4-15(11)19/h1-7,12H,8-9H2,(H,20,21). The van der Waals surface area contributed by atoms with E-state index in [2.05, 4.69) is 4.90 Å². The van der Waals surface area contributed by atoms with E-state index in [1.807, 2.05) is 36.4 Å². The summed E-state index contributed by atoms with van der Waals surface area (Å²) >= 11 is 12.0.